The molecule has 1 atom stereocenters. The van der Waals surface area contributed by atoms with Crippen molar-refractivity contribution in [1.29, 1.82) is 0 Å². The van der Waals surface area contributed by atoms with Crippen molar-refractivity contribution in [3.8, 4) is 0 Å². The van der Waals surface area contributed by atoms with Crippen molar-refractivity contribution >= 4 is 49.9 Å². The summed E-state index contributed by atoms with van der Waals surface area (Å²) >= 11 is 7.66. The van der Waals surface area contributed by atoms with E-state index in [0.29, 0.717) is 6.04 Å². The number of aromatic nitrogens is 1. The second-order valence-electron chi connectivity index (χ2n) is 3.64. The van der Waals surface area contributed by atoms with Gasteiger partial charge >= 0.3 is 0 Å². The number of likely N-dealkylation sites (N-methyl/N-ethyl adjacent to an activating group) is 1. The Morgan fingerprint density at radius 1 is 1.53 bits per heavy atom. The summed E-state index contributed by atoms with van der Waals surface area (Å²) in [6.07, 6.45) is 2.78. The van der Waals surface area contributed by atoms with Crippen molar-refractivity contribution in [2.75, 3.05) is 7.05 Å². The van der Waals surface area contributed by atoms with Crippen LogP contribution >= 0.6 is 49.9 Å². The monoisotopic (exact) mass is 422 g/mol. The van der Waals surface area contributed by atoms with Gasteiger partial charge in [0.1, 0.15) is 0 Å². The Hall–Kier alpha value is 0.0200. The highest BCUT2D eigenvalue weighted by atomic mass is 127. The van der Waals surface area contributed by atoms with Crippen molar-refractivity contribution in [1.82, 2.24) is 10.3 Å². The van der Waals surface area contributed by atoms with E-state index in [2.05, 4.69) is 67.0 Å². The summed E-state index contributed by atoms with van der Waals surface area (Å²) < 4.78 is 2.40. The highest BCUT2D eigenvalue weighted by Crippen LogP contribution is 2.28. The normalized spacial score (nSPS) is 12.6. The Balaban J connectivity index is 2.25. The third-order valence-electron chi connectivity index (χ3n) is 2.54. The molecule has 0 saturated heterocycles. The maximum absolute atomic E-state index is 4.34. The average molecular weight is 423 g/mol. The van der Waals surface area contributed by atoms with Crippen LogP contribution in [0.1, 0.15) is 16.6 Å². The Morgan fingerprint density at radius 2 is 2.35 bits per heavy atom. The molecule has 0 aliphatic carbocycles. The van der Waals surface area contributed by atoms with E-state index in [1.165, 1.54) is 9.13 Å². The molecule has 17 heavy (non-hydrogen) atoms. The molecular weight excluding hydrogens is 411 g/mol. The van der Waals surface area contributed by atoms with Gasteiger partial charge in [-0.2, -0.15) is 0 Å². The number of hydrogen-bond donors (Lipinski definition) is 1. The van der Waals surface area contributed by atoms with E-state index < -0.39 is 0 Å². The van der Waals surface area contributed by atoms with Gasteiger partial charge in [-0.05, 0) is 53.4 Å². The van der Waals surface area contributed by atoms with E-state index in [4.69, 9.17) is 0 Å². The molecule has 1 aromatic carbocycles. The molecule has 0 bridgehead atoms. The highest BCUT2D eigenvalue weighted by Gasteiger charge is 2.14. The number of benzene rings is 1. The molecule has 0 saturated carbocycles. The number of hydrogen-bond acceptors (Lipinski definition) is 3. The Bertz CT molecular complexity index is 487. The fourth-order valence-electron chi connectivity index (χ4n) is 1.68. The van der Waals surface area contributed by atoms with Gasteiger partial charge in [0, 0.05) is 32.1 Å². The quantitative estimate of drug-likeness (QED) is 0.753. The van der Waals surface area contributed by atoms with Gasteiger partial charge in [0.2, 0.25) is 0 Å². The number of halogens is 2. The van der Waals surface area contributed by atoms with Crippen LogP contribution < -0.4 is 5.32 Å². The van der Waals surface area contributed by atoms with Crippen LogP contribution in [-0.2, 0) is 6.42 Å². The molecule has 5 heteroatoms. The maximum atomic E-state index is 4.34. The minimum absolute atomic E-state index is 0.297. The first-order valence-electron chi connectivity index (χ1n) is 5.21. The minimum Gasteiger partial charge on any atom is -0.313 e. The van der Waals surface area contributed by atoms with Gasteiger partial charge in [0.25, 0.3) is 0 Å². The van der Waals surface area contributed by atoms with E-state index in [-0.39, 0.29) is 0 Å². The summed E-state index contributed by atoms with van der Waals surface area (Å²) in [5.74, 6) is 0. The Kier molecular flexibility index (Phi) is 4.96. The Labute approximate surface area is 127 Å². The molecule has 1 heterocycles. The first-order chi connectivity index (χ1) is 8.20. The van der Waals surface area contributed by atoms with Gasteiger partial charge in [0.15, 0.2) is 0 Å². The molecule has 0 fully saturated rings. The molecule has 2 nitrogen and oxygen atoms in total. The summed E-state index contributed by atoms with van der Waals surface area (Å²) in [5, 5.41) is 6.54. The lowest BCUT2D eigenvalue weighted by Crippen LogP contribution is -2.19. The number of thiazole rings is 1. The smallest absolute Gasteiger partial charge is 0.0943 e. The van der Waals surface area contributed by atoms with Gasteiger partial charge in [-0.25, -0.2) is 4.98 Å². The lowest BCUT2D eigenvalue weighted by Gasteiger charge is -2.17. The molecule has 1 aromatic heterocycles. The summed E-state index contributed by atoms with van der Waals surface area (Å²) in [5.41, 5.74) is 1.29. The van der Waals surface area contributed by atoms with Crippen LogP contribution in [0, 0.1) is 3.57 Å². The highest BCUT2D eigenvalue weighted by molar-refractivity contribution is 14.1. The fraction of sp³-hybridized carbons (Fsp3) is 0.250. The largest absolute Gasteiger partial charge is 0.313 e. The Morgan fingerprint density at radius 3 is 3.00 bits per heavy atom. The zero-order valence-electron chi connectivity index (χ0n) is 9.28. The zero-order chi connectivity index (χ0) is 12.3. The first-order valence-corrected chi connectivity index (χ1v) is 7.96. The van der Waals surface area contributed by atoms with Gasteiger partial charge in [-0.3, -0.25) is 0 Å². The van der Waals surface area contributed by atoms with E-state index in [1.807, 2.05) is 18.6 Å². The summed E-state index contributed by atoms with van der Waals surface area (Å²) in [4.78, 5) is 4.34. The molecule has 1 unspecified atom stereocenters. The second kappa shape index (κ2) is 6.26. The fourth-order valence-corrected chi connectivity index (χ4v) is 3.38. The lowest BCUT2D eigenvalue weighted by atomic mass is 10.0. The molecule has 0 spiro atoms. The number of nitrogens with zero attached hydrogens (tertiary/aromatic N) is 1. The molecule has 0 radical (unpaired) electrons. The third kappa shape index (κ3) is 3.49. The molecule has 0 amide bonds. The molecular formula is C12H12BrIN2S. The van der Waals surface area contributed by atoms with Gasteiger partial charge in [-0.15, -0.1) is 11.3 Å². The van der Waals surface area contributed by atoms with Crippen LogP contribution in [0.3, 0.4) is 0 Å². The van der Waals surface area contributed by atoms with E-state index in [9.17, 15) is 0 Å². The van der Waals surface area contributed by atoms with Gasteiger partial charge in [-0.1, -0.05) is 15.9 Å². The number of rotatable bonds is 4. The molecule has 0 aliphatic rings. The van der Waals surface area contributed by atoms with Crippen LogP contribution in [0.4, 0.5) is 0 Å². The van der Waals surface area contributed by atoms with Crippen molar-refractivity contribution in [2.24, 2.45) is 0 Å². The van der Waals surface area contributed by atoms with E-state index in [0.717, 1.165) is 15.9 Å². The van der Waals surface area contributed by atoms with Crippen molar-refractivity contribution < 1.29 is 0 Å². The molecule has 2 aromatic rings. The lowest BCUT2D eigenvalue weighted by molar-refractivity contribution is 0.588. The first kappa shape index (κ1) is 13.5. The van der Waals surface area contributed by atoms with Crippen molar-refractivity contribution in [3.05, 3.63) is 48.4 Å². The molecule has 1 N–H and O–H groups in total. The molecule has 2 rings (SSSR count). The standard InChI is InChI=1S/C12H12BrIN2S/c1-15-11(7-12-16-4-5-17-12)9-6-8(14)2-3-10(9)13/h2-6,11,15H,7H2,1H3. The van der Waals surface area contributed by atoms with Crippen molar-refractivity contribution in [3.63, 3.8) is 0 Å². The third-order valence-corrected chi connectivity index (χ3v) is 4.74. The topological polar surface area (TPSA) is 24.9 Å². The van der Waals surface area contributed by atoms with Crippen LogP contribution in [0.5, 0.6) is 0 Å². The van der Waals surface area contributed by atoms with Crippen molar-refractivity contribution in [2.45, 2.75) is 12.5 Å². The minimum atomic E-state index is 0.297. The molecule has 90 valence electrons. The summed E-state index contributed by atoms with van der Waals surface area (Å²) in [6.45, 7) is 0. The average Bonchev–Trinajstić information content (AvgIpc) is 2.82. The van der Waals surface area contributed by atoms with Crippen LogP contribution in [0.25, 0.3) is 0 Å². The predicted molar refractivity (Wildman–Crippen MR) is 84.5 cm³/mol. The van der Waals surface area contributed by atoms with E-state index >= 15 is 0 Å². The number of nitrogens with one attached hydrogen (secondary N) is 1. The van der Waals surface area contributed by atoms with Crippen LogP contribution in [0.2, 0.25) is 0 Å². The van der Waals surface area contributed by atoms with E-state index in [1.54, 1.807) is 11.3 Å². The maximum Gasteiger partial charge on any atom is 0.0943 e. The summed E-state index contributed by atoms with van der Waals surface area (Å²) in [6, 6.07) is 6.71. The van der Waals surface area contributed by atoms with Gasteiger partial charge in [0.05, 0.1) is 5.01 Å². The summed E-state index contributed by atoms with van der Waals surface area (Å²) in [7, 11) is 1.99. The zero-order valence-corrected chi connectivity index (χ0v) is 13.8. The van der Waals surface area contributed by atoms with Gasteiger partial charge < -0.3 is 5.32 Å². The van der Waals surface area contributed by atoms with Crippen LogP contribution in [0.15, 0.2) is 34.2 Å². The van der Waals surface area contributed by atoms with Crippen LogP contribution in [-0.4, -0.2) is 12.0 Å². The second-order valence-corrected chi connectivity index (χ2v) is 6.72. The molecule has 0 aliphatic heterocycles. The predicted octanol–water partition coefficient (Wildman–Crippen LogP) is 4.01. The SMILES string of the molecule is CNC(Cc1nccs1)c1cc(I)ccc1Br.